The minimum Gasteiger partial charge on any atom is -0.544 e. The first-order chi connectivity index (χ1) is 9.63. The Hall–Kier alpha value is -2.28. The van der Waals surface area contributed by atoms with Crippen LogP contribution in [0.25, 0.3) is 0 Å². The Morgan fingerprint density at radius 2 is 2.25 bits per heavy atom. The normalized spacial score (nSPS) is 12.4. The molecule has 1 aromatic heterocycles. The highest BCUT2D eigenvalue weighted by Crippen LogP contribution is 2.32. The summed E-state index contributed by atoms with van der Waals surface area (Å²) in [5, 5.41) is 14.5. The first kappa shape index (κ1) is 12.7. The van der Waals surface area contributed by atoms with Crippen molar-refractivity contribution in [1.29, 1.82) is 0 Å². The van der Waals surface area contributed by atoms with Gasteiger partial charge in [-0.1, -0.05) is 17.4 Å². The summed E-state index contributed by atoms with van der Waals surface area (Å²) in [6, 6.07) is 5.65. The van der Waals surface area contributed by atoms with Crippen LogP contribution in [0, 0.1) is 6.92 Å². The fourth-order valence-electron chi connectivity index (χ4n) is 1.89. The minimum absolute atomic E-state index is 0.151. The molecule has 7 heteroatoms. The van der Waals surface area contributed by atoms with Gasteiger partial charge >= 0.3 is 0 Å². The number of hydrogen-bond donors (Lipinski definition) is 1. The maximum atomic E-state index is 10.8. The number of nitrogens with zero attached hydrogens (tertiary/aromatic N) is 1. The zero-order valence-electron chi connectivity index (χ0n) is 10.6. The number of carbonyl (C=O) groups is 1. The van der Waals surface area contributed by atoms with E-state index in [1.165, 1.54) is 0 Å². The van der Waals surface area contributed by atoms with Crippen molar-refractivity contribution in [1.82, 2.24) is 4.98 Å². The molecule has 0 aliphatic carbocycles. The number of anilines is 1. The van der Waals surface area contributed by atoms with Crippen LogP contribution < -0.4 is 19.9 Å². The van der Waals surface area contributed by atoms with E-state index in [4.69, 9.17) is 9.47 Å². The summed E-state index contributed by atoms with van der Waals surface area (Å²) in [5.41, 5.74) is 1.46. The third-order valence-electron chi connectivity index (χ3n) is 2.86. The summed E-state index contributed by atoms with van der Waals surface area (Å²) in [5.74, 6) is 0.254. The molecule has 1 aliphatic heterocycles. The number of nitrogens with one attached hydrogen (secondary N) is 1. The molecule has 0 spiro atoms. The van der Waals surface area contributed by atoms with Gasteiger partial charge in [-0.15, -0.1) is 0 Å². The molecule has 1 N–H and O–H groups in total. The van der Waals surface area contributed by atoms with Crippen LogP contribution in [0.5, 0.6) is 11.5 Å². The number of rotatable bonds is 4. The molecule has 0 bridgehead atoms. The lowest BCUT2D eigenvalue weighted by Gasteiger charge is -2.04. The van der Waals surface area contributed by atoms with Crippen molar-refractivity contribution in [2.75, 3.05) is 12.1 Å². The van der Waals surface area contributed by atoms with E-state index in [1.807, 2.05) is 18.2 Å². The number of aryl methyl sites for hydroxylation is 1. The van der Waals surface area contributed by atoms with Crippen LogP contribution in [0.4, 0.5) is 5.13 Å². The van der Waals surface area contributed by atoms with Gasteiger partial charge in [-0.2, -0.15) is 0 Å². The monoisotopic (exact) mass is 291 g/mol. The number of fused-ring (bicyclic) bond motifs is 1. The summed E-state index contributed by atoms with van der Waals surface area (Å²) in [6.07, 6.45) is 0. The average molecular weight is 291 g/mol. The van der Waals surface area contributed by atoms with E-state index in [2.05, 4.69) is 10.3 Å². The molecule has 3 rings (SSSR count). The Labute approximate surface area is 119 Å². The number of aromatic carboxylic acids is 1. The molecule has 6 nitrogen and oxygen atoms in total. The Bertz CT molecular complexity index is 668. The first-order valence-electron chi connectivity index (χ1n) is 5.94. The van der Waals surface area contributed by atoms with Crippen LogP contribution in [0.3, 0.4) is 0 Å². The predicted molar refractivity (Wildman–Crippen MR) is 71.1 cm³/mol. The zero-order valence-corrected chi connectivity index (χ0v) is 11.5. The van der Waals surface area contributed by atoms with E-state index in [9.17, 15) is 9.90 Å². The quantitative estimate of drug-likeness (QED) is 0.910. The van der Waals surface area contributed by atoms with E-state index in [-0.39, 0.29) is 11.7 Å². The smallest absolute Gasteiger partial charge is 0.231 e. The highest BCUT2D eigenvalue weighted by Gasteiger charge is 2.13. The molecule has 0 radical (unpaired) electrons. The molecule has 0 unspecified atom stereocenters. The van der Waals surface area contributed by atoms with Crippen molar-refractivity contribution in [3.05, 3.63) is 34.3 Å². The lowest BCUT2D eigenvalue weighted by Crippen LogP contribution is -2.21. The zero-order chi connectivity index (χ0) is 14.1. The number of ether oxygens (including phenoxy) is 2. The Kier molecular flexibility index (Phi) is 3.19. The number of hydrogen-bond acceptors (Lipinski definition) is 7. The lowest BCUT2D eigenvalue weighted by atomic mass is 10.2. The van der Waals surface area contributed by atoms with Crippen molar-refractivity contribution >= 4 is 22.4 Å². The van der Waals surface area contributed by atoms with Gasteiger partial charge in [0, 0.05) is 6.54 Å². The molecule has 0 amide bonds. The molecule has 2 aromatic rings. The van der Waals surface area contributed by atoms with Crippen LogP contribution in [0.2, 0.25) is 0 Å². The van der Waals surface area contributed by atoms with E-state index >= 15 is 0 Å². The second-order valence-electron chi connectivity index (χ2n) is 4.26. The summed E-state index contributed by atoms with van der Waals surface area (Å²) in [4.78, 5) is 15.1. The maximum absolute atomic E-state index is 10.8. The van der Waals surface area contributed by atoms with Crippen molar-refractivity contribution in [2.24, 2.45) is 0 Å². The Morgan fingerprint density at radius 3 is 3.00 bits per heavy atom. The molecule has 1 aromatic carbocycles. The maximum Gasteiger partial charge on any atom is 0.231 e. The predicted octanol–water partition coefficient (Wildman–Crippen LogP) is 1.16. The summed E-state index contributed by atoms with van der Waals surface area (Å²) < 4.78 is 10.5. The fraction of sp³-hybridized carbons (Fsp3) is 0.231. The first-order valence-corrected chi connectivity index (χ1v) is 6.76. The molecule has 0 atom stereocenters. The van der Waals surface area contributed by atoms with Crippen LogP contribution in [0.15, 0.2) is 18.2 Å². The second kappa shape index (κ2) is 5.01. The highest BCUT2D eigenvalue weighted by molar-refractivity contribution is 7.17. The summed E-state index contributed by atoms with van der Waals surface area (Å²) in [6.45, 7) is 2.41. The molecule has 0 saturated carbocycles. The molecule has 1 aliphatic rings. The second-order valence-corrected chi connectivity index (χ2v) is 5.26. The van der Waals surface area contributed by atoms with Gasteiger partial charge < -0.3 is 24.7 Å². The molecule has 104 valence electrons. The molecule has 0 saturated heterocycles. The average Bonchev–Trinajstić information content (AvgIpc) is 3.01. The van der Waals surface area contributed by atoms with Crippen LogP contribution in [-0.2, 0) is 6.54 Å². The highest BCUT2D eigenvalue weighted by atomic mass is 32.1. The van der Waals surface area contributed by atoms with Gasteiger partial charge in [0.2, 0.25) is 6.79 Å². The Morgan fingerprint density at radius 1 is 1.45 bits per heavy atom. The number of benzene rings is 1. The number of aromatic nitrogens is 1. The lowest BCUT2D eigenvalue weighted by molar-refractivity contribution is -0.254. The number of carbonyl (C=O) groups excluding carboxylic acids is 1. The van der Waals surface area contributed by atoms with Crippen molar-refractivity contribution in [2.45, 2.75) is 13.5 Å². The van der Waals surface area contributed by atoms with Gasteiger partial charge in [-0.05, 0) is 24.6 Å². The fourth-order valence-corrected chi connectivity index (χ4v) is 2.69. The van der Waals surface area contributed by atoms with Gasteiger partial charge in [0.1, 0.15) is 0 Å². The van der Waals surface area contributed by atoms with E-state index in [0.29, 0.717) is 17.4 Å². The molecule has 0 fully saturated rings. The SMILES string of the molecule is Cc1nc(NCc2ccc3c(c2)OCO3)sc1C(=O)[O-]. The standard InChI is InChI=1S/C13H12N2O4S/c1-7-11(12(16)17)20-13(15-7)14-5-8-2-3-9-10(4-8)19-6-18-9/h2-4H,5-6H2,1H3,(H,14,15)(H,16,17)/p-1. The number of thiazole rings is 1. The van der Waals surface area contributed by atoms with E-state index in [0.717, 1.165) is 28.4 Å². The third kappa shape index (κ3) is 2.39. The number of carboxylic acids is 1. The van der Waals surface area contributed by atoms with Gasteiger partial charge in [-0.25, -0.2) is 4.98 Å². The topological polar surface area (TPSA) is 83.5 Å². The summed E-state index contributed by atoms with van der Waals surface area (Å²) in [7, 11) is 0. The summed E-state index contributed by atoms with van der Waals surface area (Å²) >= 11 is 1.07. The van der Waals surface area contributed by atoms with Gasteiger partial charge in [0.05, 0.1) is 16.5 Å². The Balaban J connectivity index is 1.70. The van der Waals surface area contributed by atoms with Crippen LogP contribution >= 0.6 is 11.3 Å². The molecule has 20 heavy (non-hydrogen) atoms. The molecular weight excluding hydrogens is 280 g/mol. The van der Waals surface area contributed by atoms with E-state index < -0.39 is 5.97 Å². The van der Waals surface area contributed by atoms with Crippen molar-refractivity contribution in [3.8, 4) is 11.5 Å². The molecular formula is C13H11N2O4S-. The third-order valence-corrected chi connectivity index (χ3v) is 3.96. The van der Waals surface area contributed by atoms with Gasteiger partial charge in [-0.3, -0.25) is 0 Å². The van der Waals surface area contributed by atoms with Crippen molar-refractivity contribution < 1.29 is 19.4 Å². The number of carboxylic acid groups (broad SMARTS) is 1. The van der Waals surface area contributed by atoms with Gasteiger partial charge in [0.15, 0.2) is 16.6 Å². The molecule has 2 heterocycles. The van der Waals surface area contributed by atoms with Crippen LogP contribution in [-0.4, -0.2) is 17.7 Å². The minimum atomic E-state index is -1.20. The van der Waals surface area contributed by atoms with Crippen molar-refractivity contribution in [3.63, 3.8) is 0 Å². The van der Waals surface area contributed by atoms with E-state index in [1.54, 1.807) is 6.92 Å². The van der Waals surface area contributed by atoms with Gasteiger partial charge in [0.25, 0.3) is 0 Å². The largest absolute Gasteiger partial charge is 0.544 e. The van der Waals surface area contributed by atoms with Crippen LogP contribution in [0.1, 0.15) is 20.9 Å².